The summed E-state index contributed by atoms with van der Waals surface area (Å²) < 4.78 is 8.96. The van der Waals surface area contributed by atoms with E-state index in [1.165, 1.54) is 6.08 Å². The van der Waals surface area contributed by atoms with E-state index in [4.69, 9.17) is 16.3 Å². The number of aromatic nitrogens is 1. The molecule has 0 unspecified atom stereocenters. The van der Waals surface area contributed by atoms with E-state index in [0.29, 0.717) is 22.9 Å². The SMILES string of the molecule is Cc1cc(/C=C2\C(=O)NC(=O)N(c3ccc(Cl)cc3)C2=O)c(C)n1-c1ccc(OCc2ccc(Br)cc2)cc1. The third-order valence-electron chi connectivity index (χ3n) is 6.37. The molecule has 4 aromatic rings. The lowest BCUT2D eigenvalue weighted by atomic mass is 10.1. The van der Waals surface area contributed by atoms with Crippen molar-refractivity contribution in [2.45, 2.75) is 20.5 Å². The number of hydrogen-bond acceptors (Lipinski definition) is 4. The number of barbiturate groups is 1. The van der Waals surface area contributed by atoms with Crippen LogP contribution in [0.4, 0.5) is 10.5 Å². The molecule has 1 N–H and O–H groups in total. The molecule has 0 bridgehead atoms. The molecule has 7 nitrogen and oxygen atoms in total. The van der Waals surface area contributed by atoms with E-state index < -0.39 is 17.8 Å². The van der Waals surface area contributed by atoms with Crippen LogP contribution >= 0.6 is 27.5 Å². The van der Waals surface area contributed by atoms with Gasteiger partial charge in [-0.1, -0.05) is 39.7 Å². The maximum Gasteiger partial charge on any atom is 0.335 e. The number of benzene rings is 3. The normalized spacial score (nSPS) is 14.6. The first kappa shape index (κ1) is 26.5. The number of hydrogen-bond donors (Lipinski definition) is 1. The fourth-order valence-electron chi connectivity index (χ4n) is 4.41. The van der Waals surface area contributed by atoms with Crippen molar-refractivity contribution in [2.75, 3.05) is 4.90 Å². The molecule has 1 saturated heterocycles. The first-order valence-corrected chi connectivity index (χ1v) is 13.2. The number of carbonyl (C=O) groups excluding carboxylic acids is 3. The van der Waals surface area contributed by atoms with E-state index in [2.05, 4.69) is 21.2 Å². The number of nitrogens with zero attached hydrogens (tertiary/aromatic N) is 2. The van der Waals surface area contributed by atoms with Crippen LogP contribution in [0.25, 0.3) is 11.8 Å². The van der Waals surface area contributed by atoms with Gasteiger partial charge in [-0.05, 0) is 97.8 Å². The van der Waals surface area contributed by atoms with Gasteiger partial charge in [0.1, 0.15) is 17.9 Å². The lowest BCUT2D eigenvalue weighted by Gasteiger charge is -2.26. The number of imide groups is 2. The molecule has 1 aromatic heterocycles. The zero-order valence-corrected chi connectivity index (χ0v) is 23.4. The van der Waals surface area contributed by atoms with Gasteiger partial charge in [0, 0.05) is 26.6 Å². The molecule has 4 amide bonds. The number of rotatable bonds is 6. The van der Waals surface area contributed by atoms with Crippen molar-refractivity contribution in [1.82, 2.24) is 9.88 Å². The summed E-state index contributed by atoms with van der Waals surface area (Å²) in [6, 6.07) is 23.0. The molecular formula is C30H23BrClN3O4. The van der Waals surface area contributed by atoms with Crippen LogP contribution in [0.3, 0.4) is 0 Å². The second kappa shape index (κ2) is 10.9. The Morgan fingerprint density at radius 1 is 0.897 bits per heavy atom. The highest BCUT2D eigenvalue weighted by Crippen LogP contribution is 2.27. The van der Waals surface area contributed by atoms with Crippen molar-refractivity contribution in [2.24, 2.45) is 0 Å². The Hall–Kier alpha value is -4.14. The Bertz CT molecular complexity index is 1610. The quantitative estimate of drug-likeness (QED) is 0.195. The van der Waals surface area contributed by atoms with Crippen molar-refractivity contribution in [3.63, 3.8) is 0 Å². The van der Waals surface area contributed by atoms with Gasteiger partial charge in [-0.2, -0.15) is 0 Å². The minimum absolute atomic E-state index is 0.138. The number of urea groups is 1. The predicted molar refractivity (Wildman–Crippen MR) is 154 cm³/mol. The Kier molecular flexibility index (Phi) is 7.41. The Balaban J connectivity index is 1.39. The molecule has 196 valence electrons. The zero-order chi connectivity index (χ0) is 27.7. The van der Waals surface area contributed by atoms with Crippen LogP contribution in [0.2, 0.25) is 5.02 Å². The zero-order valence-electron chi connectivity index (χ0n) is 21.1. The summed E-state index contributed by atoms with van der Waals surface area (Å²) in [5.74, 6) is -0.710. The minimum atomic E-state index is -0.808. The Labute approximate surface area is 238 Å². The van der Waals surface area contributed by atoms with Crippen molar-refractivity contribution >= 4 is 57.1 Å². The lowest BCUT2D eigenvalue weighted by molar-refractivity contribution is -0.122. The van der Waals surface area contributed by atoms with Crippen LogP contribution < -0.4 is 15.0 Å². The maximum absolute atomic E-state index is 13.2. The molecule has 5 rings (SSSR count). The van der Waals surface area contributed by atoms with E-state index in [0.717, 1.165) is 37.8 Å². The van der Waals surface area contributed by atoms with Gasteiger partial charge < -0.3 is 9.30 Å². The highest BCUT2D eigenvalue weighted by molar-refractivity contribution is 9.10. The van der Waals surface area contributed by atoms with E-state index >= 15 is 0 Å². The molecule has 1 fully saturated rings. The molecule has 3 aromatic carbocycles. The second-order valence-electron chi connectivity index (χ2n) is 9.01. The maximum atomic E-state index is 13.2. The van der Waals surface area contributed by atoms with Gasteiger partial charge in [0.25, 0.3) is 11.8 Å². The number of anilines is 1. The molecule has 0 saturated carbocycles. The number of aryl methyl sites for hydroxylation is 1. The lowest BCUT2D eigenvalue weighted by Crippen LogP contribution is -2.54. The average Bonchev–Trinajstić information content (AvgIpc) is 3.20. The third-order valence-corrected chi connectivity index (χ3v) is 7.15. The molecule has 0 spiro atoms. The van der Waals surface area contributed by atoms with Gasteiger partial charge in [-0.25, -0.2) is 9.69 Å². The Morgan fingerprint density at radius 2 is 1.54 bits per heavy atom. The van der Waals surface area contributed by atoms with E-state index in [1.807, 2.05) is 73.0 Å². The van der Waals surface area contributed by atoms with Crippen LogP contribution in [-0.2, 0) is 16.2 Å². The number of nitrogens with one attached hydrogen (secondary N) is 1. The van der Waals surface area contributed by atoms with Crippen LogP contribution in [0.5, 0.6) is 5.75 Å². The summed E-state index contributed by atoms with van der Waals surface area (Å²) in [6.45, 7) is 4.31. The van der Waals surface area contributed by atoms with Crippen LogP contribution in [0.15, 0.2) is 88.9 Å². The number of halogens is 2. The van der Waals surface area contributed by atoms with Gasteiger partial charge in [0.05, 0.1) is 5.69 Å². The van der Waals surface area contributed by atoms with E-state index in [9.17, 15) is 14.4 Å². The van der Waals surface area contributed by atoms with Crippen LogP contribution in [-0.4, -0.2) is 22.4 Å². The highest BCUT2D eigenvalue weighted by Gasteiger charge is 2.37. The van der Waals surface area contributed by atoms with Crippen LogP contribution in [0, 0.1) is 13.8 Å². The summed E-state index contributed by atoms with van der Waals surface area (Å²) in [6.07, 6.45) is 1.52. The smallest absolute Gasteiger partial charge is 0.335 e. The van der Waals surface area contributed by atoms with Crippen molar-refractivity contribution in [3.05, 3.63) is 116 Å². The summed E-state index contributed by atoms with van der Waals surface area (Å²) >= 11 is 9.37. The Morgan fingerprint density at radius 3 is 2.21 bits per heavy atom. The summed E-state index contributed by atoms with van der Waals surface area (Å²) in [4.78, 5) is 39.3. The van der Waals surface area contributed by atoms with Crippen molar-refractivity contribution in [1.29, 1.82) is 0 Å². The number of carbonyl (C=O) groups is 3. The molecule has 9 heteroatoms. The molecule has 1 aliphatic heterocycles. The topological polar surface area (TPSA) is 80.6 Å². The molecule has 39 heavy (non-hydrogen) atoms. The van der Waals surface area contributed by atoms with Gasteiger partial charge >= 0.3 is 6.03 Å². The molecule has 0 atom stereocenters. The van der Waals surface area contributed by atoms with Gasteiger partial charge in [-0.3, -0.25) is 14.9 Å². The predicted octanol–water partition coefficient (Wildman–Crippen LogP) is 6.76. The third kappa shape index (κ3) is 5.53. The molecule has 1 aliphatic rings. The first-order chi connectivity index (χ1) is 18.7. The number of amides is 4. The molecule has 2 heterocycles. The number of ether oxygens (including phenoxy) is 1. The van der Waals surface area contributed by atoms with Gasteiger partial charge in [0.2, 0.25) is 0 Å². The van der Waals surface area contributed by atoms with E-state index in [1.54, 1.807) is 24.3 Å². The molecular weight excluding hydrogens is 582 g/mol. The second-order valence-corrected chi connectivity index (χ2v) is 10.4. The standard InChI is InChI=1S/C30H23BrClN3O4/c1-18-15-21(16-27-28(36)33-30(38)35(29(27)37)25-9-7-23(32)8-10-25)19(2)34(18)24-11-13-26(14-12-24)39-17-20-3-5-22(31)6-4-20/h3-16H,17H2,1-2H3,(H,33,36,38)/b27-16+. The summed E-state index contributed by atoms with van der Waals surface area (Å²) in [7, 11) is 0. The molecule has 0 aliphatic carbocycles. The van der Waals surface area contributed by atoms with Gasteiger partial charge in [0.15, 0.2) is 0 Å². The average molecular weight is 605 g/mol. The summed E-state index contributed by atoms with van der Waals surface area (Å²) in [5, 5.41) is 2.72. The molecule has 0 radical (unpaired) electrons. The highest BCUT2D eigenvalue weighted by atomic mass is 79.9. The fraction of sp³-hybridized carbons (Fsp3) is 0.100. The largest absolute Gasteiger partial charge is 0.489 e. The van der Waals surface area contributed by atoms with Gasteiger partial charge in [-0.15, -0.1) is 0 Å². The van der Waals surface area contributed by atoms with Crippen LogP contribution in [0.1, 0.15) is 22.5 Å². The fourth-order valence-corrected chi connectivity index (χ4v) is 4.80. The van der Waals surface area contributed by atoms with E-state index in [-0.39, 0.29) is 5.57 Å². The summed E-state index contributed by atoms with van der Waals surface area (Å²) in [5.41, 5.74) is 4.58. The monoisotopic (exact) mass is 603 g/mol. The minimum Gasteiger partial charge on any atom is -0.489 e. The first-order valence-electron chi connectivity index (χ1n) is 12.0. The van der Waals surface area contributed by atoms with Crippen molar-refractivity contribution < 1.29 is 19.1 Å². The van der Waals surface area contributed by atoms with Crippen molar-refractivity contribution in [3.8, 4) is 11.4 Å².